The lowest BCUT2D eigenvalue weighted by atomic mass is 10.2. The molecule has 0 unspecified atom stereocenters. The Morgan fingerprint density at radius 3 is 2.00 bits per heavy atom. The van der Waals surface area contributed by atoms with E-state index in [4.69, 9.17) is 4.74 Å². The zero-order valence-electron chi connectivity index (χ0n) is 15.9. The van der Waals surface area contributed by atoms with Crippen LogP contribution in [0.3, 0.4) is 0 Å². The minimum Gasteiger partial charge on any atom is -0.450 e. The molecule has 0 amide bonds. The van der Waals surface area contributed by atoms with Crippen LogP contribution in [0.2, 0.25) is 0 Å². The maximum atomic E-state index is 14.3. The molecular weight excluding hydrogens is 528 g/mol. The third-order valence-electron chi connectivity index (χ3n) is 4.13. The van der Waals surface area contributed by atoms with Crippen LogP contribution in [0.5, 0.6) is 11.5 Å². The first-order valence-corrected chi connectivity index (χ1v) is 10.9. The number of aryl methyl sites for hydroxylation is 1. The zero-order chi connectivity index (χ0) is 23.8. The highest BCUT2D eigenvalue weighted by molar-refractivity contribution is 9.10. The fourth-order valence-electron chi connectivity index (χ4n) is 2.54. The van der Waals surface area contributed by atoms with Gasteiger partial charge in [0.05, 0.1) is 20.6 Å². The van der Waals surface area contributed by atoms with E-state index >= 15 is 0 Å². The molecule has 3 aromatic rings. The summed E-state index contributed by atoms with van der Waals surface area (Å²) in [4.78, 5) is -0.173. The largest absolute Gasteiger partial charge is 0.450 e. The van der Waals surface area contributed by atoms with Gasteiger partial charge in [0.1, 0.15) is 11.6 Å². The van der Waals surface area contributed by atoms with Gasteiger partial charge in [-0.3, -0.25) is 4.72 Å². The molecule has 0 saturated heterocycles. The predicted octanol–water partition coefficient (Wildman–Crippen LogP) is 6.79. The van der Waals surface area contributed by atoms with Crippen molar-refractivity contribution in [2.24, 2.45) is 0 Å². The smallest absolute Gasteiger partial charge is 0.416 e. The van der Waals surface area contributed by atoms with E-state index in [9.17, 15) is 34.8 Å². The van der Waals surface area contributed by atoms with Crippen LogP contribution in [-0.2, 0) is 16.2 Å². The molecule has 0 aliphatic rings. The first-order chi connectivity index (χ1) is 14.8. The fourth-order valence-corrected chi connectivity index (χ4v) is 3.99. The van der Waals surface area contributed by atoms with Gasteiger partial charge >= 0.3 is 6.18 Å². The second kappa shape index (κ2) is 8.66. The van der Waals surface area contributed by atoms with E-state index < -0.39 is 56.4 Å². The van der Waals surface area contributed by atoms with Crippen molar-refractivity contribution in [2.75, 3.05) is 4.72 Å². The highest BCUT2D eigenvalue weighted by Crippen LogP contribution is 2.39. The lowest BCUT2D eigenvalue weighted by Crippen LogP contribution is -2.14. The highest BCUT2D eigenvalue weighted by atomic mass is 79.9. The number of alkyl halides is 3. The maximum absolute atomic E-state index is 14.3. The normalized spacial score (nSPS) is 12.0. The minimum absolute atomic E-state index is 0.0385. The number of hydrogen-bond donors (Lipinski definition) is 1. The molecule has 0 saturated carbocycles. The van der Waals surface area contributed by atoms with Gasteiger partial charge < -0.3 is 4.74 Å². The zero-order valence-corrected chi connectivity index (χ0v) is 18.3. The van der Waals surface area contributed by atoms with Crippen LogP contribution < -0.4 is 9.46 Å². The summed E-state index contributed by atoms with van der Waals surface area (Å²) in [6, 6.07) is 7.27. The van der Waals surface area contributed by atoms with Crippen LogP contribution in [0.25, 0.3) is 0 Å². The Bertz CT molecular complexity index is 1250. The standard InChI is InChI=1S/C20H12BrF6NO3S/c1-10-2-4-12(5-3-10)32(29,30)28-17-9-18(13(21)8-14(17)22)31-19-15(23)6-11(7-16(19)24)20(25,26)27/h2-9,28H,1H3. The summed E-state index contributed by atoms with van der Waals surface area (Å²) in [6.45, 7) is 1.74. The minimum atomic E-state index is -4.99. The van der Waals surface area contributed by atoms with Gasteiger partial charge in [0.15, 0.2) is 17.4 Å². The average molecular weight is 540 g/mol. The molecule has 0 spiro atoms. The van der Waals surface area contributed by atoms with Gasteiger partial charge in [-0.15, -0.1) is 0 Å². The first kappa shape index (κ1) is 23.9. The molecule has 0 radical (unpaired) electrons. The summed E-state index contributed by atoms with van der Waals surface area (Å²) in [7, 11) is -4.23. The van der Waals surface area contributed by atoms with Crippen molar-refractivity contribution < 1.29 is 39.5 Å². The van der Waals surface area contributed by atoms with Crippen LogP contribution >= 0.6 is 15.9 Å². The van der Waals surface area contributed by atoms with E-state index in [1.807, 2.05) is 4.72 Å². The molecule has 4 nitrogen and oxygen atoms in total. The molecule has 0 aromatic heterocycles. The lowest BCUT2D eigenvalue weighted by Gasteiger charge is -2.15. The van der Waals surface area contributed by atoms with Gasteiger partial charge in [0.25, 0.3) is 10.0 Å². The Morgan fingerprint density at radius 2 is 1.47 bits per heavy atom. The number of benzene rings is 3. The molecule has 12 heteroatoms. The molecule has 0 aliphatic heterocycles. The van der Waals surface area contributed by atoms with Crippen molar-refractivity contribution in [3.63, 3.8) is 0 Å². The Hall–Kier alpha value is -2.73. The van der Waals surface area contributed by atoms with Gasteiger partial charge in [0, 0.05) is 6.07 Å². The Labute approximate surface area is 187 Å². The number of ether oxygens (including phenoxy) is 1. The summed E-state index contributed by atoms with van der Waals surface area (Å²) in [5.41, 5.74) is -1.39. The summed E-state index contributed by atoms with van der Waals surface area (Å²) >= 11 is 2.90. The van der Waals surface area contributed by atoms with Crippen LogP contribution in [0.15, 0.2) is 57.9 Å². The SMILES string of the molecule is Cc1ccc(S(=O)(=O)Nc2cc(Oc3c(F)cc(C(F)(F)F)cc3F)c(Br)cc2F)cc1. The second-order valence-corrected chi connectivity index (χ2v) is 9.09. The summed E-state index contributed by atoms with van der Waals surface area (Å²) in [5, 5.41) is 0. The molecular formula is C20H12BrF6NO3S. The second-order valence-electron chi connectivity index (χ2n) is 6.55. The van der Waals surface area contributed by atoms with Crippen molar-refractivity contribution in [3.8, 4) is 11.5 Å². The molecule has 0 heterocycles. The molecule has 3 rings (SSSR count). The van der Waals surface area contributed by atoms with E-state index in [1.54, 1.807) is 6.92 Å². The quantitative estimate of drug-likeness (QED) is 0.363. The molecule has 0 fully saturated rings. The van der Waals surface area contributed by atoms with E-state index in [0.29, 0.717) is 0 Å². The van der Waals surface area contributed by atoms with Crippen molar-refractivity contribution >= 4 is 31.6 Å². The predicted molar refractivity (Wildman–Crippen MR) is 108 cm³/mol. The molecule has 0 aliphatic carbocycles. The third-order valence-corrected chi connectivity index (χ3v) is 6.14. The van der Waals surface area contributed by atoms with Crippen molar-refractivity contribution in [3.05, 3.63) is 81.6 Å². The van der Waals surface area contributed by atoms with Crippen LogP contribution in [0.4, 0.5) is 32.0 Å². The summed E-state index contributed by atoms with van der Waals surface area (Å²) < 4.78 is 112. The van der Waals surface area contributed by atoms with Crippen molar-refractivity contribution in [1.82, 2.24) is 0 Å². The number of nitrogens with one attached hydrogen (secondary N) is 1. The number of sulfonamides is 1. The van der Waals surface area contributed by atoms with E-state index in [1.165, 1.54) is 24.3 Å². The van der Waals surface area contributed by atoms with Gasteiger partial charge in [-0.1, -0.05) is 17.7 Å². The summed E-state index contributed by atoms with van der Waals surface area (Å²) in [6.07, 6.45) is -4.99. The van der Waals surface area contributed by atoms with Crippen molar-refractivity contribution in [1.29, 1.82) is 0 Å². The molecule has 170 valence electrons. The molecule has 0 atom stereocenters. The number of anilines is 1. The number of hydrogen-bond acceptors (Lipinski definition) is 3. The topological polar surface area (TPSA) is 55.4 Å². The van der Waals surface area contributed by atoms with Crippen LogP contribution in [0.1, 0.15) is 11.1 Å². The third kappa shape index (κ3) is 5.18. The van der Waals surface area contributed by atoms with Crippen molar-refractivity contribution in [2.45, 2.75) is 18.0 Å². The van der Waals surface area contributed by atoms with Crippen LogP contribution in [-0.4, -0.2) is 8.42 Å². The number of rotatable bonds is 5. The van der Waals surface area contributed by atoms with E-state index in [-0.39, 0.29) is 21.5 Å². The molecule has 32 heavy (non-hydrogen) atoms. The van der Waals surface area contributed by atoms with Gasteiger partial charge in [0.2, 0.25) is 0 Å². The maximum Gasteiger partial charge on any atom is 0.416 e. The molecule has 1 N–H and O–H groups in total. The van der Waals surface area contributed by atoms with E-state index in [0.717, 1.165) is 17.7 Å². The number of halogens is 7. The Balaban J connectivity index is 1.97. The van der Waals surface area contributed by atoms with Crippen LogP contribution in [0, 0.1) is 24.4 Å². The first-order valence-electron chi connectivity index (χ1n) is 8.60. The van der Waals surface area contributed by atoms with Gasteiger partial charge in [-0.25, -0.2) is 21.6 Å². The van der Waals surface area contributed by atoms with E-state index in [2.05, 4.69) is 15.9 Å². The monoisotopic (exact) mass is 539 g/mol. The van der Waals surface area contributed by atoms with Gasteiger partial charge in [-0.2, -0.15) is 13.2 Å². The summed E-state index contributed by atoms with van der Waals surface area (Å²) in [5.74, 6) is -6.00. The highest BCUT2D eigenvalue weighted by Gasteiger charge is 2.33. The fraction of sp³-hybridized carbons (Fsp3) is 0.100. The Kier molecular flexibility index (Phi) is 6.47. The Morgan fingerprint density at radius 1 is 0.906 bits per heavy atom. The van der Waals surface area contributed by atoms with Gasteiger partial charge in [-0.05, 0) is 53.2 Å². The average Bonchev–Trinajstić information content (AvgIpc) is 2.67. The molecule has 3 aromatic carbocycles. The molecule has 0 bridgehead atoms. The lowest BCUT2D eigenvalue weighted by molar-refractivity contribution is -0.138.